The summed E-state index contributed by atoms with van der Waals surface area (Å²) in [6.45, 7) is 6.61. The van der Waals surface area contributed by atoms with Crippen molar-refractivity contribution in [2.24, 2.45) is 0 Å². The highest BCUT2D eigenvalue weighted by molar-refractivity contribution is 6.37. The Bertz CT molecular complexity index is 1860. The third-order valence-electron chi connectivity index (χ3n) is 6.81. The molecule has 6 rings (SSSR count). The summed E-state index contributed by atoms with van der Waals surface area (Å²) in [5.41, 5.74) is 3.40. The lowest BCUT2D eigenvalue weighted by molar-refractivity contribution is 0.0224. The van der Waals surface area contributed by atoms with Crippen LogP contribution in [0.25, 0.3) is 28.0 Å². The molecule has 42 heavy (non-hydrogen) atoms. The first kappa shape index (κ1) is 27.7. The third-order valence-corrected chi connectivity index (χ3v) is 7.42. The van der Waals surface area contributed by atoms with Gasteiger partial charge in [-0.05, 0) is 62.6 Å². The fourth-order valence-corrected chi connectivity index (χ4v) is 5.48. The molecule has 214 valence electrons. The van der Waals surface area contributed by atoms with Crippen LogP contribution in [0.1, 0.15) is 31.9 Å². The second-order valence-corrected chi connectivity index (χ2v) is 11.8. The lowest BCUT2D eigenvalue weighted by Gasteiger charge is -2.31. The van der Waals surface area contributed by atoms with Crippen LogP contribution in [-0.2, 0) is 17.7 Å². The lowest BCUT2D eigenvalue weighted by atomic mass is 9.99. The van der Waals surface area contributed by atoms with Crippen molar-refractivity contribution < 1.29 is 9.53 Å². The van der Waals surface area contributed by atoms with E-state index in [0.717, 1.165) is 16.8 Å². The van der Waals surface area contributed by atoms with E-state index in [-0.39, 0.29) is 17.0 Å². The van der Waals surface area contributed by atoms with Gasteiger partial charge in [-0.25, -0.2) is 19.7 Å². The van der Waals surface area contributed by atoms with E-state index in [4.69, 9.17) is 32.9 Å². The maximum absolute atomic E-state index is 13.6. The average molecular weight is 604 g/mol. The number of para-hydroxylation sites is 1. The predicted molar refractivity (Wildman–Crippen MR) is 163 cm³/mol. The Hall–Kier alpha value is -4.41. The summed E-state index contributed by atoms with van der Waals surface area (Å²) in [6.07, 6.45) is 6.80. The summed E-state index contributed by atoms with van der Waals surface area (Å²) >= 11 is 12.9. The lowest BCUT2D eigenvalue weighted by Crippen LogP contribution is -2.39. The molecule has 0 fully saturated rings. The van der Waals surface area contributed by atoms with Gasteiger partial charge in [-0.1, -0.05) is 35.3 Å². The predicted octanol–water partition coefficient (Wildman–Crippen LogP) is 6.51. The van der Waals surface area contributed by atoms with E-state index in [1.807, 2.05) is 39.0 Å². The van der Waals surface area contributed by atoms with E-state index in [0.29, 0.717) is 58.1 Å². The molecule has 0 unspecified atom stereocenters. The maximum atomic E-state index is 13.6. The summed E-state index contributed by atoms with van der Waals surface area (Å²) < 4.78 is 6.93. The van der Waals surface area contributed by atoms with Crippen LogP contribution in [0.2, 0.25) is 10.0 Å². The Labute approximate surface area is 251 Å². The number of hydrogen-bond donors (Lipinski definition) is 2. The number of pyridine rings is 1. The zero-order valence-electron chi connectivity index (χ0n) is 23.1. The number of ether oxygens (including phenoxy) is 1. The van der Waals surface area contributed by atoms with Gasteiger partial charge in [0.15, 0.2) is 0 Å². The molecule has 1 amide bonds. The van der Waals surface area contributed by atoms with Crippen molar-refractivity contribution in [2.45, 2.75) is 39.3 Å². The first-order valence-corrected chi connectivity index (χ1v) is 14.1. The number of rotatable bonds is 4. The molecule has 4 heterocycles. The number of carbonyl (C=O) groups is 1. The summed E-state index contributed by atoms with van der Waals surface area (Å²) in [5, 5.41) is 4.19. The minimum atomic E-state index is -0.545. The van der Waals surface area contributed by atoms with Crippen LogP contribution in [0.4, 0.5) is 16.4 Å². The number of aromatic amines is 1. The minimum Gasteiger partial charge on any atom is -0.444 e. The molecule has 0 atom stereocenters. The van der Waals surface area contributed by atoms with Crippen molar-refractivity contribution in [1.82, 2.24) is 29.4 Å². The topological polar surface area (TPSA) is 118 Å². The molecule has 0 saturated heterocycles. The van der Waals surface area contributed by atoms with Crippen molar-refractivity contribution in [3.05, 3.63) is 92.7 Å². The zero-order valence-corrected chi connectivity index (χ0v) is 24.6. The van der Waals surface area contributed by atoms with Crippen molar-refractivity contribution in [3.63, 3.8) is 0 Å². The number of amides is 1. The first-order valence-electron chi connectivity index (χ1n) is 13.3. The standard InChI is InChI=1S/C30H27Cl2N7O3/c1-30(2,3)42-29(41)38-12-9-17-13-19(8-7-18(17)15-38)36-28-35-14-20-24(37-28)21(26-33-10-11-34-26)16-39(27(20)40)25-22(31)5-4-6-23(25)32/h4-8,10-11,13-14,16H,9,12,15H2,1-3H3,(H,33,34)(H,35,36,37). The number of imidazole rings is 1. The molecule has 5 aromatic rings. The largest absolute Gasteiger partial charge is 0.444 e. The van der Waals surface area contributed by atoms with Crippen molar-refractivity contribution in [2.75, 3.05) is 11.9 Å². The molecule has 0 aliphatic carbocycles. The van der Waals surface area contributed by atoms with Crippen molar-refractivity contribution in [1.29, 1.82) is 0 Å². The quantitative estimate of drug-likeness (QED) is 0.240. The first-order chi connectivity index (χ1) is 20.1. The molecule has 1 aliphatic heterocycles. The molecule has 12 heteroatoms. The van der Waals surface area contributed by atoms with E-state index in [1.165, 1.54) is 10.8 Å². The monoisotopic (exact) mass is 603 g/mol. The Kier molecular flexibility index (Phi) is 7.12. The fraction of sp³-hybridized carbons (Fsp3) is 0.233. The van der Waals surface area contributed by atoms with Crippen LogP contribution in [-0.4, -0.2) is 47.6 Å². The molecule has 3 aromatic heterocycles. The Morgan fingerprint density at radius 3 is 2.60 bits per heavy atom. The van der Waals surface area contributed by atoms with Crippen LogP contribution in [0.5, 0.6) is 0 Å². The van der Waals surface area contributed by atoms with E-state index < -0.39 is 5.60 Å². The number of H-pyrrole nitrogens is 1. The zero-order chi connectivity index (χ0) is 29.6. The third kappa shape index (κ3) is 5.43. The molecule has 0 radical (unpaired) electrons. The van der Waals surface area contributed by atoms with Crippen LogP contribution in [0.3, 0.4) is 0 Å². The smallest absolute Gasteiger partial charge is 0.410 e. The number of benzene rings is 2. The van der Waals surface area contributed by atoms with E-state index in [1.54, 1.807) is 41.7 Å². The molecule has 0 bridgehead atoms. The summed E-state index contributed by atoms with van der Waals surface area (Å²) in [5.74, 6) is 0.833. The second-order valence-electron chi connectivity index (χ2n) is 10.9. The van der Waals surface area contributed by atoms with E-state index in [9.17, 15) is 9.59 Å². The number of halogens is 2. The molecule has 0 saturated carbocycles. The van der Waals surface area contributed by atoms with Gasteiger partial charge in [0.1, 0.15) is 11.4 Å². The van der Waals surface area contributed by atoms with Gasteiger partial charge in [-0.3, -0.25) is 9.36 Å². The van der Waals surface area contributed by atoms with Crippen LogP contribution in [0, 0.1) is 0 Å². The molecular formula is C30H27Cl2N7O3. The summed E-state index contributed by atoms with van der Waals surface area (Å²) in [4.78, 5) is 44.5. The highest BCUT2D eigenvalue weighted by Crippen LogP contribution is 2.31. The van der Waals surface area contributed by atoms with Crippen LogP contribution >= 0.6 is 23.2 Å². The SMILES string of the molecule is CC(C)(C)OC(=O)N1CCc2cc(Nc3ncc4c(=O)n(-c5c(Cl)cccc5Cl)cc(-c5ncc[nH]5)c4n3)ccc2C1. The highest BCUT2D eigenvalue weighted by Gasteiger charge is 2.26. The van der Waals surface area contributed by atoms with Crippen molar-refractivity contribution >= 4 is 51.8 Å². The number of carbonyl (C=O) groups excluding carboxylic acids is 1. The minimum absolute atomic E-state index is 0.276. The normalized spacial score (nSPS) is 13.2. The van der Waals surface area contributed by atoms with Crippen LogP contribution < -0.4 is 10.9 Å². The van der Waals surface area contributed by atoms with Crippen molar-refractivity contribution in [3.8, 4) is 17.1 Å². The van der Waals surface area contributed by atoms with E-state index >= 15 is 0 Å². The van der Waals surface area contributed by atoms with Gasteiger partial charge in [0, 0.05) is 43.6 Å². The molecular weight excluding hydrogens is 577 g/mol. The molecule has 2 aromatic carbocycles. The number of nitrogens with zero attached hydrogens (tertiary/aromatic N) is 5. The Balaban J connectivity index is 1.34. The van der Waals surface area contributed by atoms with Gasteiger partial charge >= 0.3 is 6.09 Å². The second kappa shape index (κ2) is 10.8. The van der Waals surface area contributed by atoms with Gasteiger partial charge in [-0.15, -0.1) is 0 Å². The molecule has 10 nitrogen and oxygen atoms in total. The maximum Gasteiger partial charge on any atom is 0.410 e. The van der Waals surface area contributed by atoms with Gasteiger partial charge in [0.05, 0.1) is 32.2 Å². The van der Waals surface area contributed by atoms with Gasteiger partial charge in [0.25, 0.3) is 5.56 Å². The Morgan fingerprint density at radius 1 is 1.10 bits per heavy atom. The molecule has 1 aliphatic rings. The van der Waals surface area contributed by atoms with Gasteiger partial charge < -0.3 is 19.9 Å². The number of anilines is 2. The number of nitrogens with one attached hydrogen (secondary N) is 2. The van der Waals surface area contributed by atoms with Crippen LogP contribution in [0.15, 0.2) is 66.0 Å². The number of aromatic nitrogens is 5. The average Bonchev–Trinajstić information content (AvgIpc) is 3.48. The molecule has 0 spiro atoms. The Morgan fingerprint density at radius 2 is 1.88 bits per heavy atom. The number of fused-ring (bicyclic) bond motifs is 2. The van der Waals surface area contributed by atoms with Gasteiger partial charge in [-0.2, -0.15) is 0 Å². The van der Waals surface area contributed by atoms with Gasteiger partial charge in [0.2, 0.25) is 5.95 Å². The summed E-state index contributed by atoms with van der Waals surface area (Å²) in [7, 11) is 0. The fourth-order valence-electron chi connectivity index (χ4n) is 4.90. The summed E-state index contributed by atoms with van der Waals surface area (Å²) in [6, 6.07) is 11.0. The number of hydrogen-bond acceptors (Lipinski definition) is 7. The highest BCUT2D eigenvalue weighted by atomic mass is 35.5. The molecule has 2 N–H and O–H groups in total. The van der Waals surface area contributed by atoms with E-state index in [2.05, 4.69) is 20.3 Å².